The summed E-state index contributed by atoms with van der Waals surface area (Å²) >= 11 is 1.70. The summed E-state index contributed by atoms with van der Waals surface area (Å²) in [5.41, 5.74) is 3.64. The first kappa shape index (κ1) is 16.3. The Bertz CT molecular complexity index is 767. The van der Waals surface area contributed by atoms with Crippen molar-refractivity contribution in [3.05, 3.63) is 77.0 Å². The van der Waals surface area contributed by atoms with E-state index in [1.165, 1.54) is 16.7 Å². The summed E-state index contributed by atoms with van der Waals surface area (Å²) in [5, 5.41) is 7.03. The van der Waals surface area contributed by atoms with Crippen molar-refractivity contribution in [3.63, 3.8) is 0 Å². The Morgan fingerprint density at radius 1 is 1.04 bits per heavy atom. The summed E-state index contributed by atoms with van der Waals surface area (Å²) in [7, 11) is 0. The summed E-state index contributed by atoms with van der Waals surface area (Å²) in [6, 6.07) is 19.6. The number of hydrogen-bond donors (Lipinski definition) is 1. The van der Waals surface area contributed by atoms with Gasteiger partial charge < -0.3 is 10.1 Å². The average Bonchev–Trinajstić information content (AvgIpc) is 3.15. The minimum absolute atomic E-state index is 0.213. The van der Waals surface area contributed by atoms with Crippen LogP contribution in [0, 0.1) is 0 Å². The zero-order valence-corrected chi connectivity index (χ0v) is 14.3. The normalized spacial score (nSPS) is 11.7. The molecule has 0 bridgehead atoms. The van der Waals surface area contributed by atoms with Crippen molar-refractivity contribution in [1.82, 2.24) is 5.32 Å². The highest BCUT2D eigenvalue weighted by atomic mass is 32.1. The molecule has 0 radical (unpaired) electrons. The Labute approximate surface area is 145 Å². The van der Waals surface area contributed by atoms with E-state index in [1.807, 2.05) is 18.2 Å². The minimum Gasteiger partial charge on any atom is -0.410 e. The van der Waals surface area contributed by atoms with Gasteiger partial charge in [0.1, 0.15) is 5.75 Å². The topological polar surface area (TPSA) is 38.3 Å². The molecule has 0 aliphatic carbocycles. The SMILES string of the molecule is CC(CNC(=O)Oc1ccccc1)c1ccc(-c2ccsc2)cc1. The van der Waals surface area contributed by atoms with Crippen LogP contribution in [0.5, 0.6) is 5.75 Å². The molecule has 1 heterocycles. The largest absolute Gasteiger partial charge is 0.412 e. The van der Waals surface area contributed by atoms with Gasteiger partial charge in [-0.3, -0.25) is 0 Å². The van der Waals surface area contributed by atoms with Crippen LogP contribution in [-0.2, 0) is 0 Å². The van der Waals surface area contributed by atoms with Gasteiger partial charge in [0, 0.05) is 6.54 Å². The third-order valence-corrected chi connectivity index (χ3v) is 4.52. The quantitative estimate of drug-likeness (QED) is 0.685. The first-order valence-electron chi connectivity index (χ1n) is 7.85. The number of thiophene rings is 1. The van der Waals surface area contributed by atoms with Gasteiger partial charge in [-0.2, -0.15) is 11.3 Å². The lowest BCUT2D eigenvalue weighted by Gasteiger charge is -2.13. The second-order valence-corrected chi connectivity index (χ2v) is 6.40. The van der Waals surface area contributed by atoms with Crippen molar-refractivity contribution in [2.45, 2.75) is 12.8 Å². The van der Waals surface area contributed by atoms with Crippen LogP contribution < -0.4 is 10.1 Å². The fourth-order valence-corrected chi connectivity index (χ4v) is 3.08. The van der Waals surface area contributed by atoms with Gasteiger partial charge in [0.15, 0.2) is 0 Å². The molecule has 1 atom stereocenters. The van der Waals surface area contributed by atoms with Gasteiger partial charge in [0.05, 0.1) is 0 Å². The molecule has 1 N–H and O–H groups in total. The van der Waals surface area contributed by atoms with Crippen LogP contribution >= 0.6 is 11.3 Å². The highest BCUT2D eigenvalue weighted by Gasteiger charge is 2.09. The third-order valence-electron chi connectivity index (χ3n) is 3.84. The maximum Gasteiger partial charge on any atom is 0.412 e. The molecule has 0 aliphatic rings. The summed E-state index contributed by atoms with van der Waals surface area (Å²) in [5.74, 6) is 0.757. The molecule has 24 heavy (non-hydrogen) atoms. The van der Waals surface area contributed by atoms with E-state index in [4.69, 9.17) is 4.74 Å². The molecule has 1 unspecified atom stereocenters. The van der Waals surface area contributed by atoms with E-state index in [0.717, 1.165) is 0 Å². The van der Waals surface area contributed by atoms with E-state index in [0.29, 0.717) is 12.3 Å². The van der Waals surface area contributed by atoms with Gasteiger partial charge in [-0.25, -0.2) is 4.79 Å². The molecular weight excluding hydrogens is 318 g/mol. The average molecular weight is 337 g/mol. The third kappa shape index (κ3) is 4.24. The molecule has 2 aromatic carbocycles. The van der Waals surface area contributed by atoms with Crippen molar-refractivity contribution in [1.29, 1.82) is 0 Å². The number of para-hydroxylation sites is 1. The molecule has 1 aromatic heterocycles. The fourth-order valence-electron chi connectivity index (χ4n) is 2.42. The maximum atomic E-state index is 11.8. The number of nitrogens with one attached hydrogen (secondary N) is 1. The fraction of sp³-hybridized carbons (Fsp3) is 0.150. The molecule has 0 saturated carbocycles. The molecule has 3 rings (SSSR count). The highest BCUT2D eigenvalue weighted by molar-refractivity contribution is 7.08. The molecule has 4 heteroatoms. The van der Waals surface area contributed by atoms with E-state index in [2.05, 4.69) is 53.3 Å². The van der Waals surface area contributed by atoms with E-state index < -0.39 is 6.09 Å². The number of carbonyl (C=O) groups is 1. The van der Waals surface area contributed by atoms with Gasteiger partial charge in [-0.1, -0.05) is 49.4 Å². The minimum atomic E-state index is -0.428. The van der Waals surface area contributed by atoms with Crippen LogP contribution in [0.25, 0.3) is 11.1 Å². The Hall–Kier alpha value is -2.59. The summed E-state index contributed by atoms with van der Waals surface area (Å²) in [6.45, 7) is 2.62. The molecule has 122 valence electrons. The smallest absolute Gasteiger partial charge is 0.410 e. The Morgan fingerprint density at radius 3 is 2.46 bits per heavy atom. The number of amides is 1. The van der Waals surface area contributed by atoms with Crippen molar-refractivity contribution in [2.75, 3.05) is 6.54 Å². The van der Waals surface area contributed by atoms with Crippen molar-refractivity contribution in [3.8, 4) is 16.9 Å². The lowest BCUT2D eigenvalue weighted by atomic mass is 9.98. The van der Waals surface area contributed by atoms with Gasteiger partial charge in [0.25, 0.3) is 0 Å². The number of hydrogen-bond acceptors (Lipinski definition) is 3. The second-order valence-electron chi connectivity index (χ2n) is 5.62. The number of carbonyl (C=O) groups excluding carboxylic acids is 1. The maximum absolute atomic E-state index is 11.8. The summed E-state index contributed by atoms with van der Waals surface area (Å²) in [6.07, 6.45) is -0.428. The molecule has 0 saturated heterocycles. The van der Waals surface area contributed by atoms with Gasteiger partial charge in [-0.05, 0) is 51.6 Å². The molecule has 1 amide bonds. The predicted molar refractivity (Wildman–Crippen MR) is 98.6 cm³/mol. The molecule has 0 aliphatic heterocycles. The van der Waals surface area contributed by atoms with Crippen LogP contribution in [0.2, 0.25) is 0 Å². The van der Waals surface area contributed by atoms with Crippen molar-refractivity contribution >= 4 is 17.4 Å². The van der Waals surface area contributed by atoms with Crippen LogP contribution in [0.1, 0.15) is 18.4 Å². The van der Waals surface area contributed by atoms with Gasteiger partial charge in [-0.15, -0.1) is 0 Å². The van der Waals surface area contributed by atoms with Crippen LogP contribution in [0.4, 0.5) is 4.79 Å². The number of benzene rings is 2. The van der Waals surface area contributed by atoms with Gasteiger partial charge >= 0.3 is 6.09 Å². The Kier molecular flexibility index (Phi) is 5.29. The first-order chi connectivity index (χ1) is 11.7. The monoisotopic (exact) mass is 337 g/mol. The van der Waals surface area contributed by atoms with E-state index in [1.54, 1.807) is 23.5 Å². The zero-order valence-electron chi connectivity index (χ0n) is 13.4. The standard InChI is InChI=1S/C20H19NO2S/c1-15(13-21-20(22)23-19-5-3-2-4-6-19)16-7-9-17(10-8-16)18-11-12-24-14-18/h2-12,14-15H,13H2,1H3,(H,21,22). The van der Waals surface area contributed by atoms with Crippen LogP contribution in [-0.4, -0.2) is 12.6 Å². The predicted octanol–water partition coefficient (Wildman–Crippen LogP) is 5.31. The number of rotatable bonds is 5. The summed E-state index contributed by atoms with van der Waals surface area (Å²) in [4.78, 5) is 11.8. The first-order valence-corrected chi connectivity index (χ1v) is 8.80. The van der Waals surface area contributed by atoms with Crippen molar-refractivity contribution < 1.29 is 9.53 Å². The Morgan fingerprint density at radius 2 is 1.79 bits per heavy atom. The van der Waals surface area contributed by atoms with Crippen LogP contribution in [0.3, 0.4) is 0 Å². The molecule has 0 fully saturated rings. The molecule has 0 spiro atoms. The van der Waals surface area contributed by atoms with E-state index >= 15 is 0 Å². The number of ether oxygens (including phenoxy) is 1. The van der Waals surface area contributed by atoms with E-state index in [9.17, 15) is 4.79 Å². The second kappa shape index (κ2) is 7.79. The molecule has 3 aromatic rings. The lowest BCUT2D eigenvalue weighted by molar-refractivity contribution is 0.200. The van der Waals surface area contributed by atoms with E-state index in [-0.39, 0.29) is 5.92 Å². The zero-order chi connectivity index (χ0) is 16.8. The lowest BCUT2D eigenvalue weighted by Crippen LogP contribution is -2.30. The highest BCUT2D eigenvalue weighted by Crippen LogP contribution is 2.24. The Balaban J connectivity index is 1.53. The van der Waals surface area contributed by atoms with Crippen molar-refractivity contribution in [2.24, 2.45) is 0 Å². The molecular formula is C20H19NO2S. The van der Waals surface area contributed by atoms with Gasteiger partial charge in [0.2, 0.25) is 0 Å². The molecule has 3 nitrogen and oxygen atoms in total. The van der Waals surface area contributed by atoms with Crippen LogP contribution in [0.15, 0.2) is 71.4 Å². The summed E-state index contributed by atoms with van der Waals surface area (Å²) < 4.78 is 5.22.